The summed E-state index contributed by atoms with van der Waals surface area (Å²) in [6.07, 6.45) is 1.87. The van der Waals surface area contributed by atoms with E-state index in [1.807, 2.05) is 4.90 Å². The fourth-order valence-corrected chi connectivity index (χ4v) is 5.80. The predicted molar refractivity (Wildman–Crippen MR) is 129 cm³/mol. The van der Waals surface area contributed by atoms with Gasteiger partial charge >= 0.3 is 0 Å². The third kappa shape index (κ3) is 5.61. The number of nitrogens with zero attached hydrogens (tertiary/aromatic N) is 6. The molecule has 0 atom stereocenters. The van der Waals surface area contributed by atoms with Gasteiger partial charge in [0.2, 0.25) is 21.8 Å². The average Bonchev–Trinajstić information content (AvgIpc) is 2.92. The van der Waals surface area contributed by atoms with E-state index < -0.39 is 10.0 Å². The van der Waals surface area contributed by atoms with Gasteiger partial charge in [-0.05, 0) is 24.3 Å². The summed E-state index contributed by atoms with van der Waals surface area (Å²) in [6, 6.07) is 13.9. The van der Waals surface area contributed by atoms with Crippen LogP contribution in [0, 0.1) is 11.3 Å². The highest BCUT2D eigenvalue weighted by Gasteiger charge is 2.30. The Morgan fingerprint density at radius 3 is 1.97 bits per heavy atom. The molecule has 2 fully saturated rings. The maximum absolute atomic E-state index is 12.8. The summed E-state index contributed by atoms with van der Waals surface area (Å²) in [6.45, 7) is 3.24. The Kier molecular flexibility index (Phi) is 7.63. The lowest BCUT2D eigenvalue weighted by Gasteiger charge is -2.36. The summed E-state index contributed by atoms with van der Waals surface area (Å²) < 4.78 is 26.9. The number of carbonyl (C=O) groups excluding carboxylic acids is 2. The molecule has 0 aliphatic carbocycles. The topological polar surface area (TPSA) is 118 Å². The summed E-state index contributed by atoms with van der Waals surface area (Å²) in [4.78, 5) is 35.2. The van der Waals surface area contributed by atoms with Gasteiger partial charge in [-0.1, -0.05) is 18.2 Å². The number of sulfonamides is 1. The molecular formula is C24H28N6O4S. The van der Waals surface area contributed by atoms with Gasteiger partial charge in [0.1, 0.15) is 11.9 Å². The summed E-state index contributed by atoms with van der Waals surface area (Å²) in [5.41, 5.74) is 0.509. The van der Waals surface area contributed by atoms with Crippen molar-refractivity contribution in [2.24, 2.45) is 0 Å². The van der Waals surface area contributed by atoms with Crippen LogP contribution < -0.4 is 4.90 Å². The standard InChI is InChI=1S/C24H28N6O4S/c25-19-20-5-4-10-26-24(20)29-13-11-27(12-14-29)22(31)8-9-23(32)28-15-17-30(18-16-28)35(33,34)21-6-2-1-3-7-21/h1-7,10H,8-9,11-18H2. The van der Waals surface area contributed by atoms with E-state index in [4.69, 9.17) is 0 Å². The van der Waals surface area contributed by atoms with Gasteiger partial charge in [0.15, 0.2) is 0 Å². The highest BCUT2D eigenvalue weighted by atomic mass is 32.2. The Bertz CT molecular complexity index is 1200. The summed E-state index contributed by atoms with van der Waals surface area (Å²) >= 11 is 0. The number of aromatic nitrogens is 1. The van der Waals surface area contributed by atoms with Gasteiger partial charge in [-0.2, -0.15) is 9.57 Å². The zero-order chi connectivity index (χ0) is 24.8. The molecule has 2 aliphatic rings. The molecule has 0 radical (unpaired) electrons. The Morgan fingerprint density at radius 2 is 1.40 bits per heavy atom. The van der Waals surface area contributed by atoms with Crippen molar-refractivity contribution < 1.29 is 18.0 Å². The van der Waals surface area contributed by atoms with Crippen molar-refractivity contribution >= 4 is 27.7 Å². The third-order valence-corrected chi connectivity index (χ3v) is 8.28. The highest BCUT2D eigenvalue weighted by molar-refractivity contribution is 7.89. The molecule has 184 valence electrons. The molecule has 3 heterocycles. The van der Waals surface area contributed by atoms with E-state index in [-0.39, 0.29) is 42.6 Å². The second-order valence-electron chi connectivity index (χ2n) is 8.45. The molecule has 0 saturated carbocycles. The molecule has 0 bridgehead atoms. The van der Waals surface area contributed by atoms with E-state index in [1.54, 1.807) is 58.5 Å². The number of pyridine rings is 1. The molecule has 4 rings (SSSR count). The zero-order valence-corrected chi connectivity index (χ0v) is 20.2. The molecule has 1 aromatic carbocycles. The number of benzene rings is 1. The third-order valence-electron chi connectivity index (χ3n) is 6.36. The van der Waals surface area contributed by atoms with Gasteiger partial charge in [-0.3, -0.25) is 9.59 Å². The van der Waals surface area contributed by atoms with E-state index >= 15 is 0 Å². The summed E-state index contributed by atoms with van der Waals surface area (Å²) in [7, 11) is -3.57. The minimum atomic E-state index is -3.57. The number of hydrogen-bond donors (Lipinski definition) is 0. The van der Waals surface area contributed by atoms with E-state index in [2.05, 4.69) is 11.1 Å². The van der Waals surface area contributed by atoms with Crippen LogP contribution in [-0.4, -0.2) is 91.7 Å². The highest BCUT2D eigenvalue weighted by Crippen LogP contribution is 2.20. The van der Waals surface area contributed by atoms with Crippen molar-refractivity contribution in [1.29, 1.82) is 5.26 Å². The van der Waals surface area contributed by atoms with E-state index in [9.17, 15) is 23.3 Å². The molecule has 35 heavy (non-hydrogen) atoms. The summed E-state index contributed by atoms with van der Waals surface area (Å²) in [5.74, 6) is 0.413. The number of piperazine rings is 2. The van der Waals surface area contributed by atoms with Crippen LogP contribution in [0.2, 0.25) is 0 Å². The van der Waals surface area contributed by atoms with Crippen molar-refractivity contribution in [2.45, 2.75) is 17.7 Å². The molecule has 2 aliphatic heterocycles. The fraction of sp³-hybridized carbons (Fsp3) is 0.417. The Morgan fingerprint density at radius 1 is 0.829 bits per heavy atom. The largest absolute Gasteiger partial charge is 0.352 e. The molecule has 11 heteroatoms. The fourth-order valence-electron chi connectivity index (χ4n) is 4.35. The van der Waals surface area contributed by atoms with Crippen LogP contribution in [0.5, 0.6) is 0 Å². The number of nitriles is 1. The van der Waals surface area contributed by atoms with Crippen molar-refractivity contribution in [3.63, 3.8) is 0 Å². The zero-order valence-electron chi connectivity index (χ0n) is 19.4. The van der Waals surface area contributed by atoms with Crippen LogP contribution in [0.15, 0.2) is 53.6 Å². The Balaban J connectivity index is 1.22. The molecule has 2 amide bonds. The van der Waals surface area contributed by atoms with E-state index in [1.165, 1.54) is 4.31 Å². The lowest BCUT2D eigenvalue weighted by Crippen LogP contribution is -2.51. The minimum absolute atomic E-state index is 0.0789. The smallest absolute Gasteiger partial charge is 0.243 e. The first kappa shape index (κ1) is 24.6. The van der Waals surface area contributed by atoms with Gasteiger partial charge in [0, 0.05) is 71.4 Å². The number of amides is 2. The van der Waals surface area contributed by atoms with E-state index in [0.29, 0.717) is 50.6 Å². The quantitative estimate of drug-likeness (QED) is 0.583. The Hall–Kier alpha value is -3.49. The molecule has 0 spiro atoms. The first-order chi connectivity index (χ1) is 16.9. The van der Waals surface area contributed by atoms with Crippen molar-refractivity contribution in [1.82, 2.24) is 19.1 Å². The number of anilines is 1. The van der Waals surface area contributed by atoms with Crippen LogP contribution in [0.4, 0.5) is 5.82 Å². The van der Waals surface area contributed by atoms with Crippen LogP contribution >= 0.6 is 0 Å². The van der Waals surface area contributed by atoms with Crippen LogP contribution in [0.1, 0.15) is 18.4 Å². The number of carbonyl (C=O) groups is 2. The molecule has 0 unspecified atom stereocenters. The molecule has 1 aromatic heterocycles. The lowest BCUT2D eigenvalue weighted by atomic mass is 10.2. The molecule has 0 N–H and O–H groups in total. The molecule has 2 saturated heterocycles. The lowest BCUT2D eigenvalue weighted by molar-refractivity contribution is -0.137. The minimum Gasteiger partial charge on any atom is -0.352 e. The van der Waals surface area contributed by atoms with Gasteiger partial charge in [0.25, 0.3) is 0 Å². The molecule has 10 nitrogen and oxygen atoms in total. The van der Waals surface area contributed by atoms with Crippen LogP contribution in [0.3, 0.4) is 0 Å². The maximum atomic E-state index is 12.8. The number of hydrogen-bond acceptors (Lipinski definition) is 7. The second-order valence-corrected chi connectivity index (χ2v) is 10.4. The second kappa shape index (κ2) is 10.8. The Labute approximate surface area is 205 Å². The maximum Gasteiger partial charge on any atom is 0.243 e. The molecule has 2 aromatic rings. The predicted octanol–water partition coefficient (Wildman–Crippen LogP) is 0.915. The van der Waals surface area contributed by atoms with Crippen LogP contribution in [-0.2, 0) is 19.6 Å². The first-order valence-electron chi connectivity index (χ1n) is 11.6. The summed E-state index contributed by atoms with van der Waals surface area (Å²) in [5, 5.41) is 9.28. The van der Waals surface area contributed by atoms with Gasteiger partial charge in [0.05, 0.1) is 10.5 Å². The van der Waals surface area contributed by atoms with Crippen molar-refractivity contribution in [3.05, 3.63) is 54.2 Å². The van der Waals surface area contributed by atoms with Crippen molar-refractivity contribution in [3.8, 4) is 6.07 Å². The van der Waals surface area contributed by atoms with Gasteiger partial charge in [-0.15, -0.1) is 0 Å². The monoisotopic (exact) mass is 496 g/mol. The molecular weight excluding hydrogens is 468 g/mol. The SMILES string of the molecule is N#Cc1cccnc1N1CCN(C(=O)CCC(=O)N2CCN(S(=O)(=O)c3ccccc3)CC2)CC1. The van der Waals surface area contributed by atoms with Gasteiger partial charge < -0.3 is 14.7 Å². The normalized spacial score (nSPS) is 17.2. The first-order valence-corrected chi connectivity index (χ1v) is 13.0. The average molecular weight is 497 g/mol. The van der Waals surface area contributed by atoms with Gasteiger partial charge in [-0.25, -0.2) is 13.4 Å². The van der Waals surface area contributed by atoms with Crippen molar-refractivity contribution in [2.75, 3.05) is 57.3 Å². The number of rotatable bonds is 6. The van der Waals surface area contributed by atoms with Crippen LogP contribution in [0.25, 0.3) is 0 Å². The van der Waals surface area contributed by atoms with E-state index in [0.717, 1.165) is 0 Å².